The number of aromatic nitrogens is 3. The molecule has 0 amide bonds. The van der Waals surface area contributed by atoms with Crippen LogP contribution in [0.3, 0.4) is 0 Å². The molecule has 0 radical (unpaired) electrons. The number of unbranched alkanes of at least 4 members (excludes halogenated alkanes) is 1. The lowest BCUT2D eigenvalue weighted by Crippen LogP contribution is -2.37. The molecule has 0 spiro atoms. The van der Waals surface area contributed by atoms with Gasteiger partial charge in [0.05, 0.1) is 37.0 Å². The van der Waals surface area contributed by atoms with Gasteiger partial charge >= 0.3 is 0 Å². The Labute approximate surface area is 194 Å². The van der Waals surface area contributed by atoms with Crippen molar-refractivity contribution in [2.75, 3.05) is 25.5 Å². The number of rotatable bonds is 10. The average Bonchev–Trinajstić information content (AvgIpc) is 3.26. The van der Waals surface area contributed by atoms with E-state index in [0.717, 1.165) is 55.8 Å². The lowest BCUT2D eigenvalue weighted by Gasteiger charge is -2.26. The van der Waals surface area contributed by atoms with Crippen LogP contribution < -0.4 is 10.1 Å². The monoisotopic (exact) mass is 448 g/mol. The highest BCUT2D eigenvalue weighted by molar-refractivity contribution is 7.80. The van der Waals surface area contributed by atoms with Crippen molar-refractivity contribution in [1.82, 2.24) is 19.4 Å². The fourth-order valence-corrected chi connectivity index (χ4v) is 3.57. The summed E-state index contributed by atoms with van der Waals surface area (Å²) in [4.78, 5) is 10.8. The number of methoxy groups -OCH3 is 1. The van der Waals surface area contributed by atoms with E-state index in [4.69, 9.17) is 22.2 Å². The summed E-state index contributed by atoms with van der Waals surface area (Å²) in [6.07, 6.45) is 8.46. The predicted molar refractivity (Wildman–Crippen MR) is 130 cm³/mol. The molecule has 0 unspecified atom stereocenters. The van der Waals surface area contributed by atoms with Gasteiger partial charge in [-0.3, -0.25) is 0 Å². The van der Waals surface area contributed by atoms with Crippen molar-refractivity contribution in [3.63, 3.8) is 0 Å². The maximum atomic E-state index is 8.98. The number of anilines is 1. The molecule has 0 aliphatic carbocycles. The van der Waals surface area contributed by atoms with Crippen LogP contribution in [-0.4, -0.2) is 44.7 Å². The molecule has 3 aromatic rings. The minimum absolute atomic E-state index is 0.569. The van der Waals surface area contributed by atoms with Crippen LogP contribution in [0.25, 0.3) is 0 Å². The van der Waals surface area contributed by atoms with Gasteiger partial charge in [-0.15, -0.1) is 0 Å². The first-order chi connectivity index (χ1) is 15.6. The van der Waals surface area contributed by atoms with Gasteiger partial charge in [-0.2, -0.15) is 5.26 Å². The molecule has 0 fully saturated rings. The van der Waals surface area contributed by atoms with Crippen LogP contribution in [0.4, 0.5) is 5.69 Å². The third-order valence-corrected chi connectivity index (χ3v) is 5.50. The Bertz CT molecular complexity index is 1040. The quantitative estimate of drug-likeness (QED) is 0.465. The second-order valence-corrected chi connectivity index (χ2v) is 7.82. The Morgan fingerprint density at radius 1 is 1.19 bits per heavy atom. The molecule has 1 aromatic carbocycles. The molecule has 0 saturated carbocycles. The number of thiocarbonyl (C=S) groups is 1. The molecule has 8 heteroatoms. The topological polar surface area (TPSA) is 79.0 Å². The smallest absolute Gasteiger partial charge is 0.213 e. The second-order valence-electron chi connectivity index (χ2n) is 7.43. The lowest BCUT2D eigenvalue weighted by molar-refractivity contribution is 0.398. The zero-order chi connectivity index (χ0) is 22.8. The Kier molecular flexibility index (Phi) is 8.58. The van der Waals surface area contributed by atoms with Crippen LogP contribution in [-0.2, 0) is 13.0 Å². The largest absolute Gasteiger partial charge is 0.481 e. The number of imidazole rings is 1. The van der Waals surface area contributed by atoms with E-state index in [-0.39, 0.29) is 0 Å². The third-order valence-electron chi connectivity index (χ3n) is 5.14. The number of nitrogens with one attached hydrogen (secondary N) is 1. The summed E-state index contributed by atoms with van der Waals surface area (Å²) in [6, 6.07) is 13.5. The van der Waals surface area contributed by atoms with Crippen molar-refractivity contribution in [3.05, 3.63) is 71.9 Å². The maximum Gasteiger partial charge on any atom is 0.213 e. The first kappa shape index (κ1) is 23.2. The molecule has 2 heterocycles. The molecule has 0 aliphatic rings. The van der Waals surface area contributed by atoms with Gasteiger partial charge in [0.25, 0.3) is 0 Å². The SMILES string of the molecule is CCCCN(CCc1cncn1Cc1ccc(C#N)cc1)C(=S)Nc1ccc(OC)nc1. The van der Waals surface area contributed by atoms with Crippen molar-refractivity contribution in [2.45, 2.75) is 32.7 Å². The summed E-state index contributed by atoms with van der Waals surface area (Å²) in [5, 5.41) is 13.0. The van der Waals surface area contributed by atoms with E-state index in [2.05, 4.69) is 37.7 Å². The van der Waals surface area contributed by atoms with E-state index in [1.54, 1.807) is 13.3 Å². The molecule has 0 aliphatic heterocycles. The standard InChI is InChI=1S/C24H28N6OS/c1-3-4-12-29(24(32)28-21-9-10-23(31-2)27-15-21)13-11-22-16-26-18-30(22)17-20-7-5-19(14-25)6-8-20/h5-10,15-16,18H,3-4,11-13,17H2,1-2H3,(H,28,32). The highest BCUT2D eigenvalue weighted by atomic mass is 32.1. The van der Waals surface area contributed by atoms with E-state index in [1.165, 1.54) is 0 Å². The molecule has 0 bridgehead atoms. The van der Waals surface area contributed by atoms with Gasteiger partial charge in [0.15, 0.2) is 5.11 Å². The van der Waals surface area contributed by atoms with E-state index in [9.17, 15) is 0 Å². The maximum absolute atomic E-state index is 8.98. The molecule has 32 heavy (non-hydrogen) atoms. The number of hydrogen-bond acceptors (Lipinski definition) is 5. The van der Waals surface area contributed by atoms with E-state index in [0.29, 0.717) is 16.6 Å². The van der Waals surface area contributed by atoms with Gasteiger partial charge in [0.2, 0.25) is 5.88 Å². The zero-order valence-corrected chi connectivity index (χ0v) is 19.3. The van der Waals surface area contributed by atoms with Gasteiger partial charge in [-0.1, -0.05) is 25.5 Å². The molecule has 0 atom stereocenters. The molecule has 3 rings (SSSR count). The van der Waals surface area contributed by atoms with Gasteiger partial charge in [-0.05, 0) is 42.4 Å². The first-order valence-corrected chi connectivity index (χ1v) is 11.1. The minimum atomic E-state index is 0.569. The number of nitriles is 1. The van der Waals surface area contributed by atoms with Crippen LogP contribution in [0.1, 0.15) is 36.6 Å². The summed E-state index contributed by atoms with van der Waals surface area (Å²) in [5.41, 5.74) is 3.78. The van der Waals surface area contributed by atoms with E-state index >= 15 is 0 Å². The van der Waals surface area contributed by atoms with Gasteiger partial charge in [0.1, 0.15) is 0 Å². The van der Waals surface area contributed by atoms with Crippen LogP contribution in [0, 0.1) is 11.3 Å². The zero-order valence-electron chi connectivity index (χ0n) is 18.5. The normalized spacial score (nSPS) is 10.4. The number of benzene rings is 1. The molecule has 1 N–H and O–H groups in total. The third kappa shape index (κ3) is 6.53. The van der Waals surface area contributed by atoms with Crippen molar-refractivity contribution in [1.29, 1.82) is 5.26 Å². The summed E-state index contributed by atoms with van der Waals surface area (Å²) in [5.74, 6) is 0.569. The van der Waals surface area contributed by atoms with Crippen LogP contribution in [0.15, 0.2) is 55.1 Å². The summed E-state index contributed by atoms with van der Waals surface area (Å²) in [6.45, 7) is 4.56. The van der Waals surface area contributed by atoms with Crippen LogP contribution in [0.5, 0.6) is 5.88 Å². The summed E-state index contributed by atoms with van der Waals surface area (Å²) < 4.78 is 7.26. The van der Waals surface area contributed by atoms with Gasteiger partial charge in [-0.25, -0.2) is 9.97 Å². The number of ether oxygens (including phenoxy) is 1. The average molecular weight is 449 g/mol. The molecular formula is C24H28N6OS. The number of hydrogen-bond donors (Lipinski definition) is 1. The first-order valence-electron chi connectivity index (χ1n) is 10.7. The molecule has 2 aromatic heterocycles. The lowest BCUT2D eigenvalue weighted by atomic mass is 10.1. The van der Waals surface area contributed by atoms with Gasteiger partial charge < -0.3 is 19.5 Å². The minimum Gasteiger partial charge on any atom is -0.481 e. The second kappa shape index (κ2) is 11.8. The van der Waals surface area contributed by atoms with Crippen molar-refractivity contribution < 1.29 is 4.74 Å². The number of pyridine rings is 1. The molecule has 7 nitrogen and oxygen atoms in total. The number of nitrogens with zero attached hydrogens (tertiary/aromatic N) is 5. The highest BCUT2D eigenvalue weighted by Crippen LogP contribution is 2.13. The molecule has 0 saturated heterocycles. The van der Waals surface area contributed by atoms with Crippen molar-refractivity contribution in [3.8, 4) is 11.9 Å². The fourth-order valence-electron chi connectivity index (χ4n) is 3.27. The summed E-state index contributed by atoms with van der Waals surface area (Å²) >= 11 is 5.70. The predicted octanol–water partition coefficient (Wildman–Crippen LogP) is 4.25. The van der Waals surface area contributed by atoms with E-state index < -0.39 is 0 Å². The Hall–Kier alpha value is -3.44. The fraction of sp³-hybridized carbons (Fsp3) is 0.333. The van der Waals surface area contributed by atoms with Crippen molar-refractivity contribution in [2.24, 2.45) is 0 Å². The molecule has 166 valence electrons. The highest BCUT2D eigenvalue weighted by Gasteiger charge is 2.12. The van der Waals surface area contributed by atoms with E-state index in [1.807, 2.05) is 48.9 Å². The van der Waals surface area contributed by atoms with Crippen molar-refractivity contribution >= 4 is 23.0 Å². The molecular weight excluding hydrogens is 420 g/mol. The Balaban J connectivity index is 1.62. The van der Waals surface area contributed by atoms with Crippen LogP contribution in [0.2, 0.25) is 0 Å². The van der Waals surface area contributed by atoms with Gasteiger partial charge in [0, 0.05) is 44.0 Å². The Morgan fingerprint density at radius 2 is 2.00 bits per heavy atom. The Morgan fingerprint density at radius 3 is 2.66 bits per heavy atom. The summed E-state index contributed by atoms with van der Waals surface area (Å²) in [7, 11) is 1.60. The van der Waals surface area contributed by atoms with Crippen LogP contribution >= 0.6 is 12.2 Å².